The fourth-order valence-electron chi connectivity index (χ4n) is 4.62. The van der Waals surface area contributed by atoms with Crippen LogP contribution in [0.2, 0.25) is 0 Å². The van der Waals surface area contributed by atoms with Crippen LogP contribution >= 0.6 is 0 Å². The number of benzene rings is 2. The Balaban J connectivity index is 1.74. The third-order valence-electron chi connectivity index (χ3n) is 5.92. The van der Waals surface area contributed by atoms with Crippen LogP contribution in [0.15, 0.2) is 66.1 Å². The standard InChI is InChI=1S/C24H16FN3O3/c1-30-17-7-6-12(10-15(17)25)18-19-13-4-2-8-26-22(13)23-14(5-3-9-27-23)21(19)28-16-11-31-24(29)20(16)18/h2-10,18,28H,11H2,1H3. The van der Waals surface area contributed by atoms with Crippen molar-refractivity contribution in [2.24, 2.45) is 0 Å². The van der Waals surface area contributed by atoms with Gasteiger partial charge in [0.2, 0.25) is 0 Å². The van der Waals surface area contributed by atoms with Crippen LogP contribution in [0, 0.1) is 5.82 Å². The van der Waals surface area contributed by atoms with Crippen molar-refractivity contribution < 1.29 is 18.7 Å². The number of hydrogen-bond acceptors (Lipinski definition) is 6. The first kappa shape index (κ1) is 17.8. The van der Waals surface area contributed by atoms with E-state index < -0.39 is 17.7 Å². The monoisotopic (exact) mass is 413 g/mol. The molecule has 6 nitrogen and oxygen atoms in total. The lowest BCUT2D eigenvalue weighted by Crippen LogP contribution is -2.21. The zero-order chi connectivity index (χ0) is 21.1. The molecule has 0 saturated carbocycles. The van der Waals surface area contributed by atoms with E-state index in [9.17, 15) is 9.18 Å². The van der Waals surface area contributed by atoms with E-state index in [1.54, 1.807) is 24.5 Å². The molecule has 2 aliphatic rings. The van der Waals surface area contributed by atoms with E-state index in [2.05, 4.69) is 15.3 Å². The van der Waals surface area contributed by atoms with Crippen molar-refractivity contribution in [3.05, 3.63) is 83.1 Å². The summed E-state index contributed by atoms with van der Waals surface area (Å²) >= 11 is 0. The summed E-state index contributed by atoms with van der Waals surface area (Å²) in [6, 6.07) is 12.4. The molecule has 31 heavy (non-hydrogen) atoms. The van der Waals surface area contributed by atoms with Crippen LogP contribution in [-0.2, 0) is 9.53 Å². The molecule has 0 saturated heterocycles. The molecule has 4 aromatic rings. The number of anilines is 1. The average Bonchev–Trinajstić information content (AvgIpc) is 3.18. The first-order valence-electron chi connectivity index (χ1n) is 9.83. The minimum atomic E-state index is -0.516. The van der Waals surface area contributed by atoms with E-state index >= 15 is 0 Å². The molecule has 2 aromatic carbocycles. The lowest BCUT2D eigenvalue weighted by atomic mass is 9.78. The Kier molecular flexibility index (Phi) is 3.74. The Morgan fingerprint density at radius 2 is 1.84 bits per heavy atom. The van der Waals surface area contributed by atoms with Crippen LogP contribution in [-0.4, -0.2) is 29.7 Å². The number of cyclic esters (lactones) is 1. The van der Waals surface area contributed by atoms with Gasteiger partial charge in [0.05, 0.1) is 35.1 Å². The number of carbonyl (C=O) groups excluding carboxylic acids is 1. The van der Waals surface area contributed by atoms with Gasteiger partial charge in [0.1, 0.15) is 6.61 Å². The Morgan fingerprint density at radius 3 is 2.58 bits per heavy atom. The Morgan fingerprint density at radius 1 is 1.10 bits per heavy atom. The van der Waals surface area contributed by atoms with Crippen molar-refractivity contribution in [3.8, 4) is 5.75 Å². The van der Waals surface area contributed by atoms with E-state index in [4.69, 9.17) is 9.47 Å². The Bertz CT molecular complexity index is 1450. The normalized spacial score (nSPS) is 17.4. The van der Waals surface area contributed by atoms with Crippen molar-refractivity contribution >= 4 is 33.5 Å². The van der Waals surface area contributed by atoms with E-state index in [1.165, 1.54) is 13.2 Å². The molecular weight excluding hydrogens is 397 g/mol. The first-order chi connectivity index (χ1) is 15.2. The fourth-order valence-corrected chi connectivity index (χ4v) is 4.62. The maximum Gasteiger partial charge on any atom is 0.337 e. The van der Waals surface area contributed by atoms with Gasteiger partial charge in [0, 0.05) is 29.1 Å². The topological polar surface area (TPSA) is 73.3 Å². The summed E-state index contributed by atoms with van der Waals surface area (Å²) in [4.78, 5) is 21.9. The number of ether oxygens (including phenoxy) is 2. The molecule has 7 heteroatoms. The van der Waals surface area contributed by atoms with E-state index in [-0.39, 0.29) is 12.4 Å². The molecule has 0 spiro atoms. The van der Waals surface area contributed by atoms with Crippen molar-refractivity contribution in [2.45, 2.75) is 5.92 Å². The van der Waals surface area contributed by atoms with E-state index in [0.29, 0.717) is 16.8 Å². The third kappa shape index (κ3) is 2.46. The second kappa shape index (κ2) is 6.50. The molecule has 4 heterocycles. The molecule has 1 N–H and O–H groups in total. The summed E-state index contributed by atoms with van der Waals surface area (Å²) in [6.45, 7) is 0.148. The Hall–Kier alpha value is -4.00. The lowest BCUT2D eigenvalue weighted by molar-refractivity contribution is -0.136. The van der Waals surface area contributed by atoms with Gasteiger partial charge >= 0.3 is 5.97 Å². The molecule has 0 aliphatic carbocycles. The molecule has 0 radical (unpaired) electrons. The summed E-state index contributed by atoms with van der Waals surface area (Å²) in [5, 5.41) is 5.14. The second-order valence-electron chi connectivity index (χ2n) is 7.51. The number of pyridine rings is 2. The predicted octanol–water partition coefficient (Wildman–Crippen LogP) is 4.30. The number of aromatic nitrogens is 2. The zero-order valence-corrected chi connectivity index (χ0v) is 16.5. The average molecular weight is 413 g/mol. The maximum atomic E-state index is 14.7. The second-order valence-corrected chi connectivity index (χ2v) is 7.51. The van der Waals surface area contributed by atoms with Gasteiger partial charge in [-0.1, -0.05) is 12.1 Å². The van der Waals surface area contributed by atoms with Crippen LogP contribution < -0.4 is 10.1 Å². The van der Waals surface area contributed by atoms with Crippen LogP contribution in [0.1, 0.15) is 17.0 Å². The molecule has 0 amide bonds. The SMILES string of the molecule is COc1ccc(C2C3=C(COC3=O)Nc3c2c2cccnc2c2ncccc32)cc1F. The molecule has 6 rings (SSSR count). The number of nitrogens with one attached hydrogen (secondary N) is 1. The highest BCUT2D eigenvalue weighted by Crippen LogP contribution is 2.50. The highest BCUT2D eigenvalue weighted by molar-refractivity contribution is 6.14. The maximum absolute atomic E-state index is 14.7. The van der Waals surface area contributed by atoms with Crippen molar-refractivity contribution in [1.82, 2.24) is 9.97 Å². The summed E-state index contributed by atoms with van der Waals surface area (Å²) in [7, 11) is 1.42. The van der Waals surface area contributed by atoms with Gasteiger partial charge in [-0.3, -0.25) is 9.97 Å². The number of rotatable bonds is 2. The van der Waals surface area contributed by atoms with Gasteiger partial charge in [-0.2, -0.15) is 0 Å². The zero-order valence-electron chi connectivity index (χ0n) is 16.5. The van der Waals surface area contributed by atoms with E-state index in [0.717, 1.165) is 33.1 Å². The first-order valence-corrected chi connectivity index (χ1v) is 9.83. The van der Waals surface area contributed by atoms with Crippen LogP contribution in [0.4, 0.5) is 10.1 Å². The van der Waals surface area contributed by atoms with Gasteiger partial charge in [-0.15, -0.1) is 0 Å². The third-order valence-corrected chi connectivity index (χ3v) is 5.92. The van der Waals surface area contributed by atoms with Crippen LogP contribution in [0.3, 0.4) is 0 Å². The molecule has 2 aliphatic heterocycles. The highest BCUT2D eigenvalue weighted by Gasteiger charge is 2.40. The number of esters is 1. The molecule has 1 unspecified atom stereocenters. The summed E-state index contributed by atoms with van der Waals surface area (Å²) in [6.07, 6.45) is 3.45. The van der Waals surface area contributed by atoms with Gasteiger partial charge in [0.25, 0.3) is 0 Å². The summed E-state index contributed by atoms with van der Waals surface area (Å²) in [5.74, 6) is -1.26. The molecule has 1 atom stereocenters. The number of hydrogen-bond donors (Lipinski definition) is 1. The van der Waals surface area contributed by atoms with Gasteiger partial charge in [-0.25, -0.2) is 9.18 Å². The molecule has 152 valence electrons. The highest BCUT2D eigenvalue weighted by atomic mass is 19.1. The summed E-state index contributed by atoms with van der Waals surface area (Å²) in [5.41, 5.74) is 5.00. The van der Waals surface area contributed by atoms with Crippen molar-refractivity contribution in [3.63, 3.8) is 0 Å². The molecule has 2 aromatic heterocycles. The number of fused-ring (bicyclic) bond motifs is 6. The largest absolute Gasteiger partial charge is 0.494 e. The fraction of sp³-hybridized carbons (Fsp3) is 0.125. The number of methoxy groups -OCH3 is 1. The van der Waals surface area contributed by atoms with Gasteiger partial charge in [-0.05, 0) is 41.5 Å². The van der Waals surface area contributed by atoms with Gasteiger partial charge < -0.3 is 14.8 Å². The Labute approximate surface area is 176 Å². The number of halogens is 1. The molecule has 0 bridgehead atoms. The van der Waals surface area contributed by atoms with Crippen molar-refractivity contribution in [1.29, 1.82) is 0 Å². The molecular formula is C24H16FN3O3. The summed E-state index contributed by atoms with van der Waals surface area (Å²) < 4.78 is 25.1. The van der Waals surface area contributed by atoms with Crippen LogP contribution in [0.25, 0.3) is 21.8 Å². The van der Waals surface area contributed by atoms with E-state index in [1.807, 2.05) is 24.3 Å². The molecule has 0 fully saturated rings. The van der Waals surface area contributed by atoms with Gasteiger partial charge in [0.15, 0.2) is 11.6 Å². The van der Waals surface area contributed by atoms with Crippen molar-refractivity contribution in [2.75, 3.05) is 19.0 Å². The quantitative estimate of drug-likeness (QED) is 0.390. The number of carbonyl (C=O) groups is 1. The number of nitrogens with zero attached hydrogens (tertiary/aromatic N) is 2. The smallest absolute Gasteiger partial charge is 0.337 e. The lowest BCUT2D eigenvalue weighted by Gasteiger charge is -2.29. The predicted molar refractivity (Wildman–Crippen MR) is 113 cm³/mol. The minimum Gasteiger partial charge on any atom is -0.494 e. The minimum absolute atomic E-state index is 0.148. The van der Waals surface area contributed by atoms with Crippen LogP contribution in [0.5, 0.6) is 5.75 Å².